The van der Waals surface area contributed by atoms with Gasteiger partial charge in [0.1, 0.15) is 17.9 Å². The molecule has 61 heavy (non-hydrogen) atoms. The molecule has 4 aromatic rings. The van der Waals surface area contributed by atoms with Gasteiger partial charge in [-0.2, -0.15) is 0 Å². The molecule has 4 aliphatic heterocycles. The van der Waals surface area contributed by atoms with Crippen molar-refractivity contribution >= 4 is 46.1 Å². The molecule has 1 aromatic heterocycles. The Kier molecular flexibility index (Phi) is 12.5. The van der Waals surface area contributed by atoms with Crippen LogP contribution in [0.5, 0.6) is 0 Å². The van der Waals surface area contributed by atoms with Crippen LogP contribution < -0.4 is 10.6 Å². The lowest BCUT2D eigenvalue weighted by Gasteiger charge is -2.34. The van der Waals surface area contributed by atoms with Crippen molar-refractivity contribution in [1.82, 2.24) is 30.4 Å². The number of fused-ring (bicyclic) bond motifs is 1. The smallest absolute Gasteiger partial charge is 0.407 e. The summed E-state index contributed by atoms with van der Waals surface area (Å²) >= 11 is 0. The summed E-state index contributed by atoms with van der Waals surface area (Å²) in [6.07, 6.45) is 7.99. The number of likely N-dealkylation sites (tertiary alicyclic amines) is 2. The number of amides is 4. The highest BCUT2D eigenvalue weighted by Crippen LogP contribution is 2.36. The lowest BCUT2D eigenvalue weighted by molar-refractivity contribution is -0.136. The third kappa shape index (κ3) is 8.90. The van der Waals surface area contributed by atoms with Crippen LogP contribution in [0.2, 0.25) is 0 Å². The van der Waals surface area contributed by atoms with Crippen molar-refractivity contribution in [3.63, 3.8) is 0 Å². The number of imidazole rings is 1. The Morgan fingerprint density at radius 3 is 2.05 bits per heavy atom. The number of hydrogen-bond donors (Lipinski definition) is 3. The van der Waals surface area contributed by atoms with Crippen molar-refractivity contribution in [2.75, 3.05) is 40.5 Å². The fraction of sp³-hybridized carbons (Fsp3) is 0.447. The zero-order chi connectivity index (χ0) is 42.6. The largest absolute Gasteiger partial charge is 0.453 e. The van der Waals surface area contributed by atoms with Crippen molar-refractivity contribution in [1.29, 1.82) is 0 Å². The Hall–Kier alpha value is -6.02. The number of rotatable bonds is 11. The van der Waals surface area contributed by atoms with Gasteiger partial charge < -0.3 is 39.6 Å². The number of aromatic nitrogens is 2. The monoisotopic (exact) mass is 829 g/mol. The third-order valence-electron chi connectivity index (χ3n) is 12.7. The molecule has 8 rings (SSSR count). The van der Waals surface area contributed by atoms with E-state index in [9.17, 15) is 19.2 Å². The molecule has 3 fully saturated rings. The van der Waals surface area contributed by atoms with Gasteiger partial charge in [-0.25, -0.2) is 14.6 Å². The molecule has 0 bridgehead atoms. The molecule has 5 heterocycles. The summed E-state index contributed by atoms with van der Waals surface area (Å²) in [5.41, 5.74) is 7.28. The van der Waals surface area contributed by atoms with Crippen LogP contribution in [0, 0.1) is 11.8 Å². The second kappa shape index (κ2) is 18.3. The van der Waals surface area contributed by atoms with E-state index in [0.29, 0.717) is 45.6 Å². The maximum absolute atomic E-state index is 14.0. The molecule has 0 aliphatic carbocycles. The summed E-state index contributed by atoms with van der Waals surface area (Å²) in [4.78, 5) is 68.7. The Bertz CT molecular complexity index is 2330. The van der Waals surface area contributed by atoms with Crippen LogP contribution in [0.1, 0.15) is 76.2 Å². The third-order valence-corrected chi connectivity index (χ3v) is 12.7. The second-order valence-electron chi connectivity index (χ2n) is 16.8. The fourth-order valence-electron chi connectivity index (χ4n) is 9.31. The standard InChI is InChI=1S/C47H55N7O7/c1-28(2)41(51-46(57)59-3)44(55)54-20-6-8-40(54)43-49-27-38(50-43)35-16-15-33-23-32(13-14-34(33)24-35)29-9-11-30(12-10-29)36-25-37(48-26-36)39-7-5-19-53(39)45(56)42(52-47(58)60-4)31-17-21-61-22-18-31/h9-16,23-24,26-28,31,39-42H,5-8,17-22,25H2,1-4H3,(H,49,50)(H,51,57)(H,52,58)/t39-,40-,41-,42-/m0/s1. The minimum atomic E-state index is -0.687. The lowest BCUT2D eigenvalue weighted by Crippen LogP contribution is -2.55. The van der Waals surface area contributed by atoms with Gasteiger partial charge in [0, 0.05) is 50.2 Å². The molecule has 4 amide bonds. The Labute approximate surface area is 356 Å². The number of alkyl carbamates (subject to hydrolysis) is 2. The zero-order valence-electron chi connectivity index (χ0n) is 35.3. The van der Waals surface area contributed by atoms with Crippen molar-refractivity contribution in [2.45, 2.75) is 83.0 Å². The Morgan fingerprint density at radius 2 is 1.36 bits per heavy atom. The first kappa shape index (κ1) is 41.7. The number of H-pyrrole nitrogens is 1. The number of carbonyl (C=O) groups is 4. The molecular formula is C47H55N7O7. The van der Waals surface area contributed by atoms with Gasteiger partial charge in [-0.15, -0.1) is 0 Å². The number of methoxy groups -OCH3 is 2. The van der Waals surface area contributed by atoms with Crippen molar-refractivity contribution in [3.8, 4) is 22.4 Å². The van der Waals surface area contributed by atoms with E-state index in [1.165, 1.54) is 14.2 Å². The van der Waals surface area contributed by atoms with Gasteiger partial charge in [0.15, 0.2) is 0 Å². The topological polar surface area (TPSA) is 168 Å². The number of aromatic amines is 1. The maximum atomic E-state index is 14.0. The molecule has 320 valence electrons. The normalized spacial score (nSPS) is 20.3. The van der Waals surface area contributed by atoms with E-state index in [4.69, 9.17) is 24.2 Å². The average molecular weight is 830 g/mol. The van der Waals surface area contributed by atoms with E-state index >= 15 is 0 Å². The molecule has 4 atom stereocenters. The number of nitrogens with zero attached hydrogens (tertiary/aromatic N) is 4. The molecule has 3 N–H and O–H groups in total. The first-order valence-corrected chi connectivity index (χ1v) is 21.4. The van der Waals surface area contributed by atoms with Gasteiger partial charge in [0.05, 0.1) is 38.2 Å². The second-order valence-corrected chi connectivity index (χ2v) is 16.8. The van der Waals surface area contributed by atoms with Gasteiger partial charge >= 0.3 is 12.2 Å². The molecule has 0 radical (unpaired) electrons. The molecule has 4 aliphatic rings. The molecule has 0 spiro atoms. The van der Waals surface area contributed by atoms with Crippen LogP contribution >= 0.6 is 0 Å². The van der Waals surface area contributed by atoms with Gasteiger partial charge in [-0.3, -0.25) is 14.6 Å². The minimum Gasteiger partial charge on any atom is -0.453 e. The summed E-state index contributed by atoms with van der Waals surface area (Å²) < 4.78 is 15.2. The SMILES string of the molecule is COC(=O)N[C@H](C(=O)N1CCC[C@H]1c1ncc(-c2ccc3cc(-c4ccc(C5=CN=C([C@@H]6CCCN6C(=O)[C@@H](NC(=O)OC)C6CCOCC6)C5)cc4)ccc3c2)[nH]1)C(C)C. The number of aliphatic imine (C=N–C) groups is 1. The number of allylic oxidation sites excluding steroid dienone is 1. The van der Waals surface area contributed by atoms with Crippen molar-refractivity contribution < 1.29 is 33.4 Å². The minimum absolute atomic E-state index is 0.00605. The molecule has 0 unspecified atom stereocenters. The van der Waals surface area contributed by atoms with Crippen LogP contribution in [0.3, 0.4) is 0 Å². The van der Waals surface area contributed by atoms with Gasteiger partial charge in [-0.1, -0.05) is 62.4 Å². The number of ether oxygens (including phenoxy) is 3. The van der Waals surface area contributed by atoms with Gasteiger partial charge in [-0.05, 0) is 95.5 Å². The Morgan fingerprint density at radius 1 is 0.754 bits per heavy atom. The molecule has 14 heteroatoms. The number of carbonyl (C=O) groups excluding carboxylic acids is 4. The van der Waals surface area contributed by atoms with Gasteiger partial charge in [0.25, 0.3) is 0 Å². The van der Waals surface area contributed by atoms with Crippen LogP contribution in [0.15, 0.2) is 78.1 Å². The predicted molar refractivity (Wildman–Crippen MR) is 232 cm³/mol. The molecular weight excluding hydrogens is 775 g/mol. The van der Waals surface area contributed by atoms with E-state index in [0.717, 1.165) is 81.5 Å². The summed E-state index contributed by atoms with van der Waals surface area (Å²) in [6, 6.07) is 19.7. The van der Waals surface area contributed by atoms with Crippen molar-refractivity contribution in [2.24, 2.45) is 16.8 Å². The van der Waals surface area contributed by atoms with Crippen LogP contribution in [-0.2, 0) is 23.8 Å². The predicted octanol–water partition coefficient (Wildman–Crippen LogP) is 7.27. The quantitative estimate of drug-likeness (QED) is 0.142. The van der Waals surface area contributed by atoms with E-state index in [-0.39, 0.29) is 35.7 Å². The van der Waals surface area contributed by atoms with E-state index in [2.05, 4.69) is 76.3 Å². The highest BCUT2D eigenvalue weighted by molar-refractivity contribution is 6.04. The molecule has 3 saturated heterocycles. The number of hydrogen-bond acceptors (Lipinski definition) is 9. The van der Waals surface area contributed by atoms with Crippen LogP contribution in [0.4, 0.5) is 9.59 Å². The van der Waals surface area contributed by atoms with E-state index in [1.807, 2.05) is 36.0 Å². The van der Waals surface area contributed by atoms with Crippen molar-refractivity contribution in [3.05, 3.63) is 84.4 Å². The fourth-order valence-corrected chi connectivity index (χ4v) is 9.31. The highest BCUT2D eigenvalue weighted by atomic mass is 16.5. The summed E-state index contributed by atoms with van der Waals surface area (Å²) in [7, 11) is 2.61. The number of benzene rings is 3. The first-order valence-electron chi connectivity index (χ1n) is 21.4. The maximum Gasteiger partial charge on any atom is 0.407 e. The van der Waals surface area contributed by atoms with Gasteiger partial charge in [0.2, 0.25) is 11.8 Å². The molecule has 0 saturated carbocycles. The highest BCUT2D eigenvalue weighted by Gasteiger charge is 2.41. The Balaban J connectivity index is 0.907. The zero-order valence-corrected chi connectivity index (χ0v) is 35.3. The summed E-state index contributed by atoms with van der Waals surface area (Å²) in [5.74, 6) is 0.415. The lowest BCUT2D eigenvalue weighted by atomic mass is 9.90. The van der Waals surface area contributed by atoms with Crippen LogP contribution in [-0.4, -0.2) is 108 Å². The van der Waals surface area contributed by atoms with E-state index < -0.39 is 24.3 Å². The van der Waals surface area contributed by atoms with E-state index in [1.54, 1.807) is 0 Å². The summed E-state index contributed by atoms with van der Waals surface area (Å²) in [6.45, 7) is 6.19. The molecule has 14 nitrogen and oxygen atoms in total. The number of nitrogens with one attached hydrogen (secondary N) is 3. The average Bonchev–Trinajstić information content (AvgIpc) is 4.14. The van der Waals surface area contributed by atoms with Crippen LogP contribution in [0.25, 0.3) is 38.7 Å². The summed E-state index contributed by atoms with van der Waals surface area (Å²) in [5, 5.41) is 7.75. The molecule has 3 aromatic carbocycles. The first-order chi connectivity index (χ1) is 29.6.